The van der Waals surface area contributed by atoms with Crippen molar-refractivity contribution in [2.45, 2.75) is 13.8 Å². The van der Waals surface area contributed by atoms with Gasteiger partial charge in [0.25, 0.3) is 5.91 Å². The van der Waals surface area contributed by atoms with E-state index in [1.165, 1.54) is 0 Å². The predicted molar refractivity (Wildman–Crippen MR) is 83.5 cm³/mol. The normalized spacial score (nSPS) is 9.90. The molecule has 4 nitrogen and oxygen atoms in total. The molecule has 1 amide bonds. The fourth-order valence-electron chi connectivity index (χ4n) is 1.92. The Morgan fingerprint density at radius 1 is 1.38 bits per heavy atom. The number of halogens is 1. The molecule has 108 valence electrons. The van der Waals surface area contributed by atoms with E-state index in [1.54, 1.807) is 38.1 Å². The first-order valence-electron chi connectivity index (χ1n) is 6.38. The zero-order valence-electron chi connectivity index (χ0n) is 11.8. The summed E-state index contributed by atoms with van der Waals surface area (Å²) < 4.78 is 5.36. The monoisotopic (exact) mass is 302 g/mol. The largest absolute Gasteiger partial charge is 0.466 e. The molecule has 0 aliphatic heterocycles. The molecule has 0 fully saturated rings. The van der Waals surface area contributed by atoms with E-state index in [0.717, 1.165) is 0 Å². The quantitative estimate of drug-likeness (QED) is 0.838. The summed E-state index contributed by atoms with van der Waals surface area (Å²) >= 11 is 5.95. The lowest BCUT2D eigenvalue weighted by Crippen LogP contribution is -2.13. The highest BCUT2D eigenvalue weighted by Crippen LogP contribution is 2.22. The number of hydrogen-bond acceptors (Lipinski definition) is 3. The van der Waals surface area contributed by atoms with Crippen molar-refractivity contribution in [2.24, 2.45) is 5.73 Å². The molecule has 0 bridgehead atoms. The molecule has 21 heavy (non-hydrogen) atoms. The summed E-state index contributed by atoms with van der Waals surface area (Å²) in [5.41, 5.74) is 7.08. The van der Waals surface area contributed by atoms with E-state index in [0.29, 0.717) is 33.4 Å². The lowest BCUT2D eigenvalue weighted by molar-refractivity contribution is 0.102. The molecular weight excluding hydrogens is 288 g/mol. The molecule has 0 unspecified atom stereocenters. The highest BCUT2D eigenvalue weighted by molar-refractivity contribution is 6.30. The van der Waals surface area contributed by atoms with Gasteiger partial charge in [-0.3, -0.25) is 4.79 Å². The van der Waals surface area contributed by atoms with E-state index in [1.807, 2.05) is 0 Å². The summed E-state index contributed by atoms with van der Waals surface area (Å²) in [6.07, 6.45) is 0. The lowest BCUT2D eigenvalue weighted by Gasteiger charge is -2.07. The lowest BCUT2D eigenvalue weighted by atomic mass is 10.1. The van der Waals surface area contributed by atoms with Crippen LogP contribution >= 0.6 is 11.6 Å². The fraction of sp³-hybridized carbons (Fsp3) is 0.188. The van der Waals surface area contributed by atoms with E-state index >= 15 is 0 Å². The number of hydrogen-bond donors (Lipinski definition) is 2. The molecule has 0 atom stereocenters. The summed E-state index contributed by atoms with van der Waals surface area (Å²) in [5.74, 6) is 6.66. The average molecular weight is 303 g/mol. The first-order valence-corrected chi connectivity index (χ1v) is 6.76. The van der Waals surface area contributed by atoms with Crippen LogP contribution in [-0.2, 0) is 0 Å². The Hall–Kier alpha value is -2.22. The Bertz CT molecular complexity index is 738. The molecule has 2 rings (SSSR count). The minimum Gasteiger partial charge on any atom is -0.466 e. The maximum absolute atomic E-state index is 12.3. The number of amides is 1. The molecule has 1 aromatic heterocycles. The number of carbonyl (C=O) groups is 1. The molecular formula is C16H15ClN2O2. The molecule has 0 saturated heterocycles. The van der Waals surface area contributed by atoms with Crippen LogP contribution in [0.25, 0.3) is 0 Å². The van der Waals surface area contributed by atoms with Crippen LogP contribution in [0, 0.1) is 25.7 Å². The van der Waals surface area contributed by atoms with Crippen LogP contribution < -0.4 is 11.1 Å². The third-order valence-corrected chi connectivity index (χ3v) is 3.08. The van der Waals surface area contributed by atoms with Crippen molar-refractivity contribution in [3.05, 3.63) is 51.9 Å². The van der Waals surface area contributed by atoms with Crippen LogP contribution in [0.15, 0.2) is 28.7 Å². The van der Waals surface area contributed by atoms with Gasteiger partial charge in [0.1, 0.15) is 11.5 Å². The van der Waals surface area contributed by atoms with Crippen molar-refractivity contribution in [1.82, 2.24) is 0 Å². The molecule has 3 N–H and O–H groups in total. The van der Waals surface area contributed by atoms with E-state index in [4.69, 9.17) is 21.8 Å². The van der Waals surface area contributed by atoms with E-state index in [9.17, 15) is 4.79 Å². The third-order valence-electron chi connectivity index (χ3n) is 2.84. The number of benzene rings is 1. The van der Waals surface area contributed by atoms with Crippen LogP contribution in [0.5, 0.6) is 0 Å². The summed E-state index contributed by atoms with van der Waals surface area (Å²) in [4.78, 5) is 12.3. The Balaban J connectivity index is 2.31. The number of furan rings is 1. The molecule has 1 heterocycles. The molecule has 0 aliphatic carbocycles. The van der Waals surface area contributed by atoms with Gasteiger partial charge in [0.2, 0.25) is 0 Å². The minimum absolute atomic E-state index is 0.236. The van der Waals surface area contributed by atoms with Crippen LogP contribution in [0.4, 0.5) is 5.69 Å². The van der Waals surface area contributed by atoms with Crippen LogP contribution in [-0.4, -0.2) is 12.5 Å². The van der Waals surface area contributed by atoms with Gasteiger partial charge in [-0.1, -0.05) is 23.4 Å². The van der Waals surface area contributed by atoms with Gasteiger partial charge >= 0.3 is 0 Å². The molecule has 5 heteroatoms. The molecule has 0 radical (unpaired) electrons. The number of rotatable bonds is 2. The van der Waals surface area contributed by atoms with Gasteiger partial charge in [-0.15, -0.1) is 0 Å². The smallest absolute Gasteiger partial charge is 0.259 e. The van der Waals surface area contributed by atoms with E-state index in [-0.39, 0.29) is 12.5 Å². The van der Waals surface area contributed by atoms with Crippen molar-refractivity contribution in [1.29, 1.82) is 0 Å². The van der Waals surface area contributed by atoms with Gasteiger partial charge in [-0.05, 0) is 38.1 Å². The Labute approximate surface area is 128 Å². The van der Waals surface area contributed by atoms with Crippen molar-refractivity contribution in [3.63, 3.8) is 0 Å². The van der Waals surface area contributed by atoms with Crippen LogP contribution in [0.1, 0.15) is 27.4 Å². The second kappa shape index (κ2) is 6.49. The summed E-state index contributed by atoms with van der Waals surface area (Å²) in [6, 6.07) is 6.79. The fourth-order valence-corrected chi connectivity index (χ4v) is 2.09. The molecule has 0 saturated carbocycles. The molecule has 0 aliphatic rings. The van der Waals surface area contributed by atoms with Crippen LogP contribution in [0.2, 0.25) is 5.02 Å². The van der Waals surface area contributed by atoms with Crippen LogP contribution in [0.3, 0.4) is 0 Å². The standard InChI is InChI=1S/C16H15ClN2O2/c1-10-8-14(11(2)21-10)16(20)19-15-6-5-13(17)9-12(15)4-3-7-18/h5-6,8-9H,7,18H2,1-2H3,(H,19,20). The van der Waals surface area contributed by atoms with Gasteiger partial charge in [0, 0.05) is 10.6 Å². The Morgan fingerprint density at radius 3 is 2.76 bits per heavy atom. The maximum Gasteiger partial charge on any atom is 0.259 e. The molecule has 1 aromatic carbocycles. The number of nitrogens with one attached hydrogen (secondary N) is 1. The van der Waals surface area contributed by atoms with Crippen molar-refractivity contribution < 1.29 is 9.21 Å². The predicted octanol–water partition coefficient (Wildman–Crippen LogP) is 3.11. The average Bonchev–Trinajstić information content (AvgIpc) is 2.78. The summed E-state index contributed by atoms with van der Waals surface area (Å²) in [6.45, 7) is 3.78. The number of carbonyl (C=O) groups excluding carboxylic acids is 1. The van der Waals surface area contributed by atoms with Crippen molar-refractivity contribution in [3.8, 4) is 11.8 Å². The zero-order chi connectivity index (χ0) is 15.4. The Morgan fingerprint density at radius 2 is 2.14 bits per heavy atom. The van der Waals surface area contributed by atoms with E-state index < -0.39 is 0 Å². The van der Waals surface area contributed by atoms with Gasteiger partial charge in [-0.2, -0.15) is 0 Å². The second-order valence-corrected chi connectivity index (χ2v) is 4.91. The van der Waals surface area contributed by atoms with Crippen molar-refractivity contribution in [2.75, 3.05) is 11.9 Å². The van der Waals surface area contributed by atoms with Gasteiger partial charge in [-0.25, -0.2) is 0 Å². The zero-order valence-corrected chi connectivity index (χ0v) is 12.5. The van der Waals surface area contributed by atoms with Crippen molar-refractivity contribution >= 4 is 23.2 Å². The summed E-state index contributed by atoms with van der Waals surface area (Å²) in [5, 5.41) is 3.36. The second-order valence-electron chi connectivity index (χ2n) is 4.48. The van der Waals surface area contributed by atoms with Gasteiger partial charge in [0.15, 0.2) is 0 Å². The summed E-state index contributed by atoms with van der Waals surface area (Å²) in [7, 11) is 0. The van der Waals surface area contributed by atoms with Gasteiger partial charge in [0.05, 0.1) is 17.8 Å². The maximum atomic E-state index is 12.3. The number of anilines is 1. The SMILES string of the molecule is Cc1cc(C(=O)Nc2ccc(Cl)cc2C#CCN)c(C)o1. The number of nitrogens with two attached hydrogens (primary N) is 1. The third kappa shape index (κ3) is 3.66. The first kappa shape index (κ1) is 15.2. The van der Waals surface area contributed by atoms with Gasteiger partial charge < -0.3 is 15.5 Å². The molecule has 0 spiro atoms. The minimum atomic E-state index is -0.248. The van der Waals surface area contributed by atoms with E-state index in [2.05, 4.69) is 17.2 Å². The topological polar surface area (TPSA) is 68.3 Å². The Kier molecular flexibility index (Phi) is 4.69. The number of aryl methyl sites for hydroxylation is 2. The highest BCUT2D eigenvalue weighted by Gasteiger charge is 2.14. The highest BCUT2D eigenvalue weighted by atomic mass is 35.5. The molecule has 2 aromatic rings. The first-order chi connectivity index (χ1) is 10.0.